The average molecular weight is 244 g/mol. The first-order chi connectivity index (χ1) is 7.92. The number of aliphatic hydroxyl groups is 1. The highest BCUT2D eigenvalue weighted by Gasteiger charge is 2.25. The van der Waals surface area contributed by atoms with Crippen molar-refractivity contribution in [1.82, 2.24) is 10.2 Å². The van der Waals surface area contributed by atoms with Gasteiger partial charge < -0.3 is 15.2 Å². The molecule has 17 heavy (non-hydrogen) atoms. The Morgan fingerprint density at radius 1 is 1.53 bits per heavy atom. The number of β-amino-alcohol motifs (C(OH)–C–C–N with tert-alkyl or cyclic N) is 1. The highest BCUT2D eigenvalue weighted by molar-refractivity contribution is 5.67. The molecule has 0 aromatic heterocycles. The van der Waals surface area contributed by atoms with Gasteiger partial charge in [-0.2, -0.15) is 0 Å². The maximum atomic E-state index is 11.5. The zero-order valence-electron chi connectivity index (χ0n) is 11.0. The number of carbonyl (C=O) groups is 1. The van der Waals surface area contributed by atoms with Gasteiger partial charge in [-0.15, -0.1) is 0 Å². The summed E-state index contributed by atoms with van der Waals surface area (Å²) in [6.45, 7) is 7.99. The van der Waals surface area contributed by atoms with E-state index < -0.39 is 5.60 Å². The van der Waals surface area contributed by atoms with Crippen molar-refractivity contribution >= 4 is 6.09 Å². The Balaban J connectivity index is 2.27. The van der Waals surface area contributed by atoms with E-state index in [1.165, 1.54) is 0 Å². The first-order valence-electron chi connectivity index (χ1n) is 6.24. The molecular formula is C12H24N2O3. The predicted octanol–water partition coefficient (Wildman–Crippen LogP) is 0.968. The molecule has 5 heteroatoms. The summed E-state index contributed by atoms with van der Waals surface area (Å²) in [6, 6.07) is 0.328. The Kier molecular flexibility index (Phi) is 5.21. The summed E-state index contributed by atoms with van der Waals surface area (Å²) in [4.78, 5) is 13.7. The lowest BCUT2D eigenvalue weighted by molar-refractivity contribution is 0.0511. The van der Waals surface area contributed by atoms with Crippen LogP contribution in [0.2, 0.25) is 0 Å². The number of alkyl carbamates (subject to hydrolysis) is 1. The van der Waals surface area contributed by atoms with Gasteiger partial charge in [0.1, 0.15) is 5.60 Å². The van der Waals surface area contributed by atoms with Crippen molar-refractivity contribution in [1.29, 1.82) is 0 Å². The van der Waals surface area contributed by atoms with Crippen LogP contribution < -0.4 is 5.32 Å². The van der Waals surface area contributed by atoms with Crippen LogP contribution in [0.15, 0.2) is 0 Å². The number of ether oxygens (including phenoxy) is 1. The third-order valence-electron chi connectivity index (χ3n) is 2.77. The van der Waals surface area contributed by atoms with Crippen molar-refractivity contribution in [2.45, 2.75) is 45.3 Å². The predicted molar refractivity (Wildman–Crippen MR) is 65.9 cm³/mol. The van der Waals surface area contributed by atoms with Crippen molar-refractivity contribution in [2.75, 3.05) is 26.2 Å². The molecule has 1 fully saturated rings. The van der Waals surface area contributed by atoms with Gasteiger partial charge in [0, 0.05) is 19.1 Å². The lowest BCUT2D eigenvalue weighted by atomic mass is 10.2. The van der Waals surface area contributed by atoms with E-state index in [2.05, 4.69) is 10.2 Å². The molecule has 1 amide bonds. The molecule has 1 aliphatic rings. The van der Waals surface area contributed by atoms with E-state index in [0.29, 0.717) is 19.1 Å². The molecule has 0 aromatic carbocycles. The molecule has 100 valence electrons. The number of nitrogens with zero attached hydrogens (tertiary/aromatic N) is 1. The topological polar surface area (TPSA) is 61.8 Å². The van der Waals surface area contributed by atoms with Crippen LogP contribution in [-0.4, -0.2) is 54.0 Å². The standard InChI is InChI=1S/C12H24N2O3/c1-12(2,3)17-11(16)13-9-10-5-4-6-14(10)7-8-15/h10,15H,4-9H2,1-3H3,(H,13,16). The fraction of sp³-hybridized carbons (Fsp3) is 0.917. The van der Waals surface area contributed by atoms with Gasteiger partial charge in [0.2, 0.25) is 0 Å². The molecule has 2 N–H and O–H groups in total. The Bertz CT molecular complexity index is 251. The monoisotopic (exact) mass is 244 g/mol. The van der Waals surface area contributed by atoms with Gasteiger partial charge in [-0.05, 0) is 40.2 Å². The quantitative estimate of drug-likeness (QED) is 0.773. The van der Waals surface area contributed by atoms with E-state index in [1.807, 2.05) is 20.8 Å². The van der Waals surface area contributed by atoms with Crippen LogP contribution in [0.3, 0.4) is 0 Å². The molecule has 0 radical (unpaired) electrons. The molecule has 0 saturated carbocycles. The molecule has 0 spiro atoms. The van der Waals surface area contributed by atoms with Crippen LogP contribution in [0.1, 0.15) is 33.6 Å². The maximum absolute atomic E-state index is 11.5. The first-order valence-corrected chi connectivity index (χ1v) is 6.24. The van der Waals surface area contributed by atoms with Gasteiger partial charge in [-0.3, -0.25) is 4.90 Å². The summed E-state index contributed by atoms with van der Waals surface area (Å²) in [6.07, 6.45) is 1.82. The smallest absolute Gasteiger partial charge is 0.407 e. The lowest BCUT2D eigenvalue weighted by Crippen LogP contribution is -2.42. The van der Waals surface area contributed by atoms with Gasteiger partial charge in [-0.25, -0.2) is 4.79 Å². The van der Waals surface area contributed by atoms with Crippen LogP contribution in [0, 0.1) is 0 Å². The van der Waals surface area contributed by atoms with Gasteiger partial charge in [-0.1, -0.05) is 0 Å². The van der Waals surface area contributed by atoms with Gasteiger partial charge >= 0.3 is 6.09 Å². The van der Waals surface area contributed by atoms with Crippen LogP contribution in [0.4, 0.5) is 4.79 Å². The molecule has 5 nitrogen and oxygen atoms in total. The summed E-state index contributed by atoms with van der Waals surface area (Å²) in [7, 11) is 0. The molecule has 1 saturated heterocycles. The van der Waals surface area contributed by atoms with Gasteiger partial charge in [0.05, 0.1) is 6.61 Å². The fourth-order valence-corrected chi connectivity index (χ4v) is 2.06. The van der Waals surface area contributed by atoms with Crippen molar-refractivity contribution in [3.05, 3.63) is 0 Å². The summed E-state index contributed by atoms with van der Waals surface area (Å²) >= 11 is 0. The highest BCUT2D eigenvalue weighted by atomic mass is 16.6. The van der Waals surface area contributed by atoms with Gasteiger partial charge in [0.25, 0.3) is 0 Å². The van der Waals surface area contributed by atoms with Crippen LogP contribution in [0.5, 0.6) is 0 Å². The number of hydrogen-bond acceptors (Lipinski definition) is 4. The summed E-state index contributed by atoms with van der Waals surface area (Å²) in [5, 5.41) is 11.7. The van der Waals surface area contributed by atoms with E-state index in [4.69, 9.17) is 9.84 Å². The number of likely N-dealkylation sites (tertiary alicyclic amines) is 1. The molecule has 1 unspecified atom stereocenters. The number of aliphatic hydroxyl groups excluding tert-OH is 1. The summed E-state index contributed by atoms with van der Waals surface area (Å²) in [5.41, 5.74) is -0.454. The van der Waals surface area contributed by atoms with Crippen LogP contribution >= 0.6 is 0 Å². The van der Waals surface area contributed by atoms with Crippen molar-refractivity contribution < 1.29 is 14.6 Å². The minimum atomic E-state index is -0.454. The van der Waals surface area contributed by atoms with Crippen LogP contribution in [0.25, 0.3) is 0 Å². The van der Waals surface area contributed by atoms with E-state index in [9.17, 15) is 4.79 Å². The largest absolute Gasteiger partial charge is 0.444 e. The van der Waals surface area contributed by atoms with Gasteiger partial charge in [0.15, 0.2) is 0 Å². The number of nitrogens with one attached hydrogen (secondary N) is 1. The molecule has 0 aromatic rings. The third-order valence-corrected chi connectivity index (χ3v) is 2.77. The normalized spacial score (nSPS) is 21.5. The highest BCUT2D eigenvalue weighted by Crippen LogP contribution is 2.15. The lowest BCUT2D eigenvalue weighted by Gasteiger charge is -2.25. The van der Waals surface area contributed by atoms with E-state index in [-0.39, 0.29) is 12.7 Å². The Morgan fingerprint density at radius 3 is 2.82 bits per heavy atom. The minimum absolute atomic E-state index is 0.170. The van der Waals surface area contributed by atoms with Crippen molar-refractivity contribution in [3.63, 3.8) is 0 Å². The van der Waals surface area contributed by atoms with E-state index in [0.717, 1.165) is 19.4 Å². The second-order valence-corrected chi connectivity index (χ2v) is 5.44. The minimum Gasteiger partial charge on any atom is -0.444 e. The SMILES string of the molecule is CC(C)(C)OC(=O)NCC1CCCN1CCO. The Hall–Kier alpha value is -0.810. The van der Waals surface area contributed by atoms with Crippen LogP contribution in [-0.2, 0) is 4.74 Å². The fourth-order valence-electron chi connectivity index (χ4n) is 2.06. The molecule has 1 atom stereocenters. The second kappa shape index (κ2) is 6.21. The number of amides is 1. The van der Waals surface area contributed by atoms with E-state index in [1.54, 1.807) is 0 Å². The average Bonchev–Trinajstić information content (AvgIpc) is 2.60. The zero-order chi connectivity index (χ0) is 12.9. The second-order valence-electron chi connectivity index (χ2n) is 5.44. The van der Waals surface area contributed by atoms with Crippen molar-refractivity contribution in [3.8, 4) is 0 Å². The van der Waals surface area contributed by atoms with Crippen molar-refractivity contribution in [2.24, 2.45) is 0 Å². The molecule has 1 aliphatic heterocycles. The summed E-state index contributed by atoms with van der Waals surface area (Å²) in [5.74, 6) is 0. The third kappa shape index (κ3) is 5.37. The molecule has 1 heterocycles. The molecular weight excluding hydrogens is 220 g/mol. The molecule has 1 rings (SSSR count). The number of carbonyl (C=O) groups excluding carboxylic acids is 1. The first kappa shape index (κ1) is 14.3. The summed E-state index contributed by atoms with van der Waals surface area (Å²) < 4.78 is 5.17. The zero-order valence-corrected chi connectivity index (χ0v) is 11.0. The number of rotatable bonds is 4. The maximum Gasteiger partial charge on any atom is 0.407 e. The van der Waals surface area contributed by atoms with E-state index >= 15 is 0 Å². The Labute approximate surface area is 103 Å². The number of hydrogen-bond donors (Lipinski definition) is 2. The molecule has 0 aliphatic carbocycles. The molecule has 0 bridgehead atoms. The Morgan fingerprint density at radius 2 is 2.24 bits per heavy atom.